The van der Waals surface area contributed by atoms with E-state index in [1.54, 1.807) is 48.3 Å². The predicted molar refractivity (Wildman–Crippen MR) is 79.7 cm³/mol. The third kappa shape index (κ3) is 4.00. The number of phenolic OH excluding ortho intramolecular Hbond substituents is 1. The van der Waals surface area contributed by atoms with Gasteiger partial charge in [-0.2, -0.15) is 0 Å². The van der Waals surface area contributed by atoms with Crippen LogP contribution in [0.2, 0.25) is 5.02 Å². The average molecular weight is 290 g/mol. The lowest BCUT2D eigenvalue weighted by Gasteiger charge is -2.17. The highest BCUT2D eigenvalue weighted by Gasteiger charge is 2.10. The molecule has 1 amide bonds. The van der Waals surface area contributed by atoms with Crippen molar-refractivity contribution in [3.05, 3.63) is 64.7 Å². The Labute approximate surface area is 123 Å². The van der Waals surface area contributed by atoms with Gasteiger partial charge in [0.2, 0.25) is 5.91 Å². The number of hydrogen-bond acceptors (Lipinski definition) is 2. The Morgan fingerprint density at radius 3 is 2.20 bits per heavy atom. The van der Waals surface area contributed by atoms with E-state index in [1.165, 1.54) is 0 Å². The van der Waals surface area contributed by atoms with Crippen LogP contribution in [0.15, 0.2) is 48.5 Å². The van der Waals surface area contributed by atoms with E-state index in [1.807, 2.05) is 12.1 Å². The summed E-state index contributed by atoms with van der Waals surface area (Å²) in [5, 5.41) is 9.89. The van der Waals surface area contributed by atoms with E-state index < -0.39 is 0 Å². The first-order chi connectivity index (χ1) is 9.54. The van der Waals surface area contributed by atoms with E-state index in [2.05, 4.69) is 0 Å². The lowest BCUT2D eigenvalue weighted by Crippen LogP contribution is -2.27. The van der Waals surface area contributed by atoms with Crippen LogP contribution in [0.25, 0.3) is 0 Å². The number of halogens is 1. The van der Waals surface area contributed by atoms with Gasteiger partial charge in [-0.25, -0.2) is 0 Å². The van der Waals surface area contributed by atoms with Crippen molar-refractivity contribution >= 4 is 17.5 Å². The average Bonchev–Trinajstić information content (AvgIpc) is 2.44. The van der Waals surface area contributed by atoms with Gasteiger partial charge in [0.25, 0.3) is 0 Å². The summed E-state index contributed by atoms with van der Waals surface area (Å²) in [7, 11) is 1.77. The summed E-state index contributed by atoms with van der Waals surface area (Å²) in [6.07, 6.45) is 0.353. The van der Waals surface area contributed by atoms with Gasteiger partial charge in [-0.3, -0.25) is 4.79 Å². The zero-order valence-electron chi connectivity index (χ0n) is 11.2. The molecule has 4 heteroatoms. The van der Waals surface area contributed by atoms with Crippen molar-refractivity contribution < 1.29 is 9.90 Å². The number of carbonyl (C=O) groups excluding carboxylic acids is 1. The number of benzene rings is 2. The molecule has 3 nitrogen and oxygen atoms in total. The van der Waals surface area contributed by atoms with Gasteiger partial charge in [0.05, 0.1) is 6.42 Å². The molecule has 0 aliphatic carbocycles. The van der Waals surface area contributed by atoms with Gasteiger partial charge in [0.15, 0.2) is 0 Å². The van der Waals surface area contributed by atoms with Crippen LogP contribution in [0.3, 0.4) is 0 Å². The molecule has 0 radical (unpaired) electrons. The number of hydrogen-bond donors (Lipinski definition) is 1. The summed E-state index contributed by atoms with van der Waals surface area (Å²) in [6.45, 7) is 0.521. The fraction of sp³-hybridized carbons (Fsp3) is 0.188. The van der Waals surface area contributed by atoms with Crippen LogP contribution in [0.1, 0.15) is 11.1 Å². The highest BCUT2D eigenvalue weighted by molar-refractivity contribution is 6.30. The highest BCUT2D eigenvalue weighted by Crippen LogP contribution is 2.13. The monoisotopic (exact) mass is 289 g/mol. The Morgan fingerprint density at radius 1 is 1.05 bits per heavy atom. The molecule has 0 saturated carbocycles. The summed E-state index contributed by atoms with van der Waals surface area (Å²) >= 11 is 5.82. The molecule has 0 fully saturated rings. The van der Waals surface area contributed by atoms with Crippen LogP contribution in [0, 0.1) is 0 Å². The molecule has 20 heavy (non-hydrogen) atoms. The van der Waals surface area contributed by atoms with E-state index in [0.717, 1.165) is 11.1 Å². The van der Waals surface area contributed by atoms with Crippen molar-refractivity contribution in [2.24, 2.45) is 0 Å². The van der Waals surface area contributed by atoms with Crippen LogP contribution in [0.5, 0.6) is 5.75 Å². The summed E-state index contributed by atoms with van der Waals surface area (Å²) in [6, 6.07) is 14.1. The Balaban J connectivity index is 1.94. The fourth-order valence-corrected chi connectivity index (χ4v) is 2.00. The Bertz CT molecular complexity index is 578. The van der Waals surface area contributed by atoms with Gasteiger partial charge in [0.1, 0.15) is 5.75 Å². The molecule has 0 saturated heterocycles. The number of rotatable bonds is 4. The molecular formula is C16H16ClNO2. The molecule has 104 valence electrons. The molecule has 1 N–H and O–H groups in total. The van der Waals surface area contributed by atoms with E-state index in [-0.39, 0.29) is 11.7 Å². The van der Waals surface area contributed by atoms with Crippen LogP contribution < -0.4 is 0 Å². The minimum absolute atomic E-state index is 0.0420. The molecule has 0 aliphatic heterocycles. The number of carbonyl (C=O) groups is 1. The Morgan fingerprint density at radius 2 is 1.60 bits per heavy atom. The van der Waals surface area contributed by atoms with E-state index >= 15 is 0 Å². The van der Waals surface area contributed by atoms with Gasteiger partial charge < -0.3 is 10.0 Å². The predicted octanol–water partition coefficient (Wildman–Crippen LogP) is 3.25. The second-order valence-electron chi connectivity index (χ2n) is 4.72. The van der Waals surface area contributed by atoms with Crippen molar-refractivity contribution in [1.82, 2.24) is 4.90 Å². The molecule has 0 aliphatic rings. The zero-order chi connectivity index (χ0) is 14.5. The van der Waals surface area contributed by atoms with Gasteiger partial charge in [-0.15, -0.1) is 0 Å². The van der Waals surface area contributed by atoms with Gasteiger partial charge in [0, 0.05) is 18.6 Å². The summed E-state index contributed by atoms with van der Waals surface area (Å²) in [5.41, 5.74) is 1.92. The summed E-state index contributed by atoms with van der Waals surface area (Å²) in [5.74, 6) is 0.268. The Kier molecular flexibility index (Phi) is 4.64. The SMILES string of the molecule is CN(Cc1ccc(O)cc1)C(=O)Cc1ccc(Cl)cc1. The Hall–Kier alpha value is -2.00. The number of aromatic hydroxyl groups is 1. The van der Waals surface area contributed by atoms with E-state index in [9.17, 15) is 9.90 Å². The molecule has 2 aromatic rings. The first kappa shape index (κ1) is 14.4. The maximum absolute atomic E-state index is 12.1. The lowest BCUT2D eigenvalue weighted by atomic mass is 10.1. The van der Waals surface area contributed by atoms with Crippen molar-refractivity contribution in [3.8, 4) is 5.75 Å². The number of phenols is 1. The molecular weight excluding hydrogens is 274 g/mol. The number of amides is 1. The van der Waals surface area contributed by atoms with Gasteiger partial charge in [-0.1, -0.05) is 35.9 Å². The molecule has 0 heterocycles. The largest absolute Gasteiger partial charge is 0.508 e. The lowest BCUT2D eigenvalue weighted by molar-refractivity contribution is -0.129. The van der Waals surface area contributed by atoms with Crippen LogP contribution in [0.4, 0.5) is 0 Å². The molecule has 2 rings (SSSR count). The second-order valence-corrected chi connectivity index (χ2v) is 5.16. The smallest absolute Gasteiger partial charge is 0.227 e. The number of likely N-dealkylation sites (N-methyl/N-ethyl adjacent to an activating group) is 1. The van der Waals surface area contributed by atoms with E-state index in [0.29, 0.717) is 18.0 Å². The highest BCUT2D eigenvalue weighted by atomic mass is 35.5. The van der Waals surface area contributed by atoms with Gasteiger partial charge >= 0.3 is 0 Å². The number of nitrogens with zero attached hydrogens (tertiary/aromatic N) is 1. The fourth-order valence-electron chi connectivity index (χ4n) is 1.88. The minimum Gasteiger partial charge on any atom is -0.508 e. The maximum atomic E-state index is 12.1. The summed E-state index contributed by atoms with van der Waals surface area (Å²) in [4.78, 5) is 13.8. The van der Waals surface area contributed by atoms with Crippen molar-refractivity contribution in [1.29, 1.82) is 0 Å². The zero-order valence-corrected chi connectivity index (χ0v) is 12.0. The van der Waals surface area contributed by atoms with Crippen LogP contribution in [-0.4, -0.2) is 23.0 Å². The second kappa shape index (κ2) is 6.44. The molecule has 0 aromatic heterocycles. The third-order valence-corrected chi connectivity index (χ3v) is 3.30. The topological polar surface area (TPSA) is 40.5 Å². The molecule has 2 aromatic carbocycles. The van der Waals surface area contributed by atoms with Crippen molar-refractivity contribution in [3.63, 3.8) is 0 Å². The van der Waals surface area contributed by atoms with E-state index in [4.69, 9.17) is 11.6 Å². The first-order valence-corrected chi connectivity index (χ1v) is 6.69. The maximum Gasteiger partial charge on any atom is 0.227 e. The molecule has 0 unspecified atom stereocenters. The quantitative estimate of drug-likeness (QED) is 0.938. The van der Waals surface area contributed by atoms with Crippen LogP contribution in [-0.2, 0) is 17.8 Å². The summed E-state index contributed by atoms with van der Waals surface area (Å²) < 4.78 is 0. The standard InChI is InChI=1S/C16H16ClNO2/c1-18(11-13-4-8-15(19)9-5-13)16(20)10-12-2-6-14(17)7-3-12/h2-9,19H,10-11H2,1H3. The minimum atomic E-state index is 0.0420. The van der Waals surface area contributed by atoms with Crippen molar-refractivity contribution in [2.45, 2.75) is 13.0 Å². The molecule has 0 spiro atoms. The first-order valence-electron chi connectivity index (χ1n) is 6.31. The van der Waals surface area contributed by atoms with Gasteiger partial charge in [-0.05, 0) is 35.4 Å². The third-order valence-electron chi connectivity index (χ3n) is 3.05. The van der Waals surface area contributed by atoms with Crippen molar-refractivity contribution in [2.75, 3.05) is 7.05 Å². The van der Waals surface area contributed by atoms with Crippen LogP contribution >= 0.6 is 11.6 Å². The normalized spacial score (nSPS) is 10.3. The molecule has 0 bridgehead atoms. The molecule has 0 atom stereocenters.